The molecule has 2 aliphatic rings. The molecule has 6 nitrogen and oxygen atoms in total. The first kappa shape index (κ1) is 19.8. The molecule has 0 spiro atoms. The number of aliphatic imine (C=N–C) groups is 1. The quantitative estimate of drug-likeness (QED) is 0.411. The number of carbonyl (C=O) groups is 1. The van der Waals surface area contributed by atoms with Crippen LogP contribution in [0.4, 0.5) is 5.69 Å². The van der Waals surface area contributed by atoms with Crippen molar-refractivity contribution >= 4 is 41.5 Å². The Kier molecular flexibility index (Phi) is 7.80. The van der Waals surface area contributed by atoms with Crippen molar-refractivity contribution < 1.29 is 4.79 Å². The molecule has 1 heterocycles. The Hall–Kier alpha value is -1.51. The summed E-state index contributed by atoms with van der Waals surface area (Å²) in [6.07, 6.45) is 4.78. The standard InChI is InChI=1S/C18H27N5O.HI/c19-18(21-15-6-4-5-7-15)20-14-17(24)23-12-10-22(11-13-23)16-8-2-1-3-9-16;/h1-3,8-9,15H,4-7,10-14H2,(H3,19,20,21);1H. The maximum absolute atomic E-state index is 12.3. The van der Waals surface area contributed by atoms with E-state index < -0.39 is 0 Å². The molecule has 25 heavy (non-hydrogen) atoms. The molecule has 0 aromatic heterocycles. The number of hydrogen-bond acceptors (Lipinski definition) is 3. The number of nitrogens with one attached hydrogen (secondary N) is 1. The molecule has 1 aliphatic carbocycles. The summed E-state index contributed by atoms with van der Waals surface area (Å²) < 4.78 is 0. The van der Waals surface area contributed by atoms with Gasteiger partial charge in [-0.1, -0.05) is 31.0 Å². The zero-order valence-electron chi connectivity index (χ0n) is 14.6. The molecule has 0 unspecified atom stereocenters. The van der Waals surface area contributed by atoms with Crippen molar-refractivity contribution in [2.45, 2.75) is 31.7 Å². The second kappa shape index (κ2) is 9.84. The Labute approximate surface area is 166 Å². The fourth-order valence-electron chi connectivity index (χ4n) is 3.43. The normalized spacial score (nSPS) is 18.8. The molecule has 1 aromatic carbocycles. The molecule has 1 amide bonds. The van der Waals surface area contributed by atoms with Crippen LogP contribution in [0, 0.1) is 0 Å². The lowest BCUT2D eigenvalue weighted by atomic mass is 10.2. The molecule has 3 rings (SSSR count). The number of benzene rings is 1. The maximum atomic E-state index is 12.3. The number of halogens is 1. The van der Waals surface area contributed by atoms with Gasteiger partial charge in [-0.15, -0.1) is 24.0 Å². The van der Waals surface area contributed by atoms with E-state index in [-0.39, 0.29) is 36.4 Å². The second-order valence-corrected chi connectivity index (χ2v) is 6.53. The average Bonchev–Trinajstić information content (AvgIpc) is 3.13. The molecular weight excluding hydrogens is 429 g/mol. The van der Waals surface area contributed by atoms with Crippen LogP contribution in [0.2, 0.25) is 0 Å². The first-order valence-corrected chi connectivity index (χ1v) is 8.86. The lowest BCUT2D eigenvalue weighted by Crippen LogP contribution is -2.49. The van der Waals surface area contributed by atoms with Crippen molar-refractivity contribution in [3.05, 3.63) is 30.3 Å². The van der Waals surface area contributed by atoms with Crippen LogP contribution in [-0.4, -0.2) is 55.5 Å². The number of piperazine rings is 1. The molecule has 3 N–H and O–H groups in total. The summed E-state index contributed by atoms with van der Waals surface area (Å²) in [6.45, 7) is 3.32. The first-order chi connectivity index (χ1) is 11.7. The third kappa shape index (κ3) is 5.76. The lowest BCUT2D eigenvalue weighted by molar-refractivity contribution is -0.129. The number of rotatable bonds is 4. The minimum absolute atomic E-state index is 0. The van der Waals surface area contributed by atoms with Gasteiger partial charge in [0.05, 0.1) is 0 Å². The fourth-order valence-corrected chi connectivity index (χ4v) is 3.43. The molecule has 1 saturated heterocycles. The van der Waals surface area contributed by atoms with Gasteiger partial charge in [0.15, 0.2) is 5.96 Å². The summed E-state index contributed by atoms with van der Waals surface area (Å²) in [5.41, 5.74) is 7.10. The highest BCUT2D eigenvalue weighted by Gasteiger charge is 2.21. The van der Waals surface area contributed by atoms with Gasteiger partial charge in [-0.05, 0) is 25.0 Å². The monoisotopic (exact) mass is 457 g/mol. The van der Waals surface area contributed by atoms with Crippen LogP contribution in [0.3, 0.4) is 0 Å². The number of nitrogens with zero attached hydrogens (tertiary/aromatic N) is 3. The van der Waals surface area contributed by atoms with Crippen molar-refractivity contribution in [2.24, 2.45) is 10.7 Å². The Morgan fingerprint density at radius 1 is 1.12 bits per heavy atom. The smallest absolute Gasteiger partial charge is 0.244 e. The highest BCUT2D eigenvalue weighted by molar-refractivity contribution is 14.0. The van der Waals surface area contributed by atoms with E-state index in [2.05, 4.69) is 27.3 Å². The van der Waals surface area contributed by atoms with E-state index in [0.717, 1.165) is 39.0 Å². The van der Waals surface area contributed by atoms with Crippen LogP contribution in [0.1, 0.15) is 25.7 Å². The Morgan fingerprint density at radius 3 is 2.40 bits per heavy atom. The van der Waals surface area contributed by atoms with Gasteiger partial charge in [-0.2, -0.15) is 0 Å². The predicted molar refractivity (Wildman–Crippen MR) is 113 cm³/mol. The summed E-state index contributed by atoms with van der Waals surface area (Å²) in [5, 5.41) is 3.21. The van der Waals surface area contributed by atoms with Gasteiger partial charge < -0.3 is 20.9 Å². The van der Waals surface area contributed by atoms with Crippen LogP contribution in [0.5, 0.6) is 0 Å². The van der Waals surface area contributed by atoms with E-state index in [1.54, 1.807) is 0 Å². The molecule has 0 bridgehead atoms. The van der Waals surface area contributed by atoms with Crippen LogP contribution in [-0.2, 0) is 4.79 Å². The minimum atomic E-state index is 0. The van der Waals surface area contributed by atoms with Crippen molar-refractivity contribution in [2.75, 3.05) is 37.6 Å². The maximum Gasteiger partial charge on any atom is 0.244 e. The first-order valence-electron chi connectivity index (χ1n) is 8.86. The average molecular weight is 457 g/mol. The van der Waals surface area contributed by atoms with E-state index in [0.29, 0.717) is 12.0 Å². The number of guanidine groups is 1. The van der Waals surface area contributed by atoms with Crippen LogP contribution >= 0.6 is 24.0 Å². The molecule has 1 aromatic rings. The van der Waals surface area contributed by atoms with Crippen LogP contribution in [0.25, 0.3) is 0 Å². The van der Waals surface area contributed by atoms with Gasteiger partial charge in [0, 0.05) is 37.9 Å². The minimum Gasteiger partial charge on any atom is -0.370 e. The van der Waals surface area contributed by atoms with Crippen molar-refractivity contribution in [1.82, 2.24) is 10.2 Å². The Bertz CT molecular complexity index is 566. The molecule has 0 atom stereocenters. The molecule has 0 radical (unpaired) electrons. The largest absolute Gasteiger partial charge is 0.370 e. The van der Waals surface area contributed by atoms with Crippen LogP contribution in [0.15, 0.2) is 35.3 Å². The van der Waals surface area contributed by atoms with Gasteiger partial charge in [-0.3, -0.25) is 4.79 Å². The third-order valence-electron chi connectivity index (χ3n) is 4.85. The third-order valence-corrected chi connectivity index (χ3v) is 4.85. The second-order valence-electron chi connectivity index (χ2n) is 6.53. The summed E-state index contributed by atoms with van der Waals surface area (Å²) in [7, 11) is 0. The van der Waals surface area contributed by atoms with E-state index in [4.69, 9.17) is 5.73 Å². The summed E-state index contributed by atoms with van der Waals surface area (Å²) in [5.74, 6) is 0.456. The number of amides is 1. The number of anilines is 1. The van der Waals surface area contributed by atoms with Gasteiger partial charge in [0.25, 0.3) is 0 Å². The van der Waals surface area contributed by atoms with Gasteiger partial charge >= 0.3 is 0 Å². The highest BCUT2D eigenvalue weighted by Crippen LogP contribution is 2.17. The van der Waals surface area contributed by atoms with Crippen molar-refractivity contribution in [1.29, 1.82) is 0 Å². The Balaban J connectivity index is 0.00000225. The number of hydrogen-bond donors (Lipinski definition) is 2. The highest BCUT2D eigenvalue weighted by atomic mass is 127. The van der Waals surface area contributed by atoms with Gasteiger partial charge in [-0.25, -0.2) is 4.99 Å². The van der Waals surface area contributed by atoms with E-state index in [1.807, 2.05) is 23.1 Å². The molecule has 138 valence electrons. The van der Waals surface area contributed by atoms with Crippen molar-refractivity contribution in [3.63, 3.8) is 0 Å². The molecular formula is C18H28IN5O. The SMILES string of the molecule is I.NC(=NCC(=O)N1CCN(c2ccccc2)CC1)NC1CCCC1. The number of carbonyl (C=O) groups excluding carboxylic acids is 1. The van der Waals surface area contributed by atoms with Gasteiger partial charge in [0.1, 0.15) is 6.54 Å². The predicted octanol–water partition coefficient (Wildman–Crippen LogP) is 1.80. The van der Waals surface area contributed by atoms with Crippen molar-refractivity contribution in [3.8, 4) is 0 Å². The Morgan fingerprint density at radius 2 is 1.76 bits per heavy atom. The number of para-hydroxylation sites is 1. The lowest BCUT2D eigenvalue weighted by Gasteiger charge is -2.36. The summed E-state index contributed by atoms with van der Waals surface area (Å²) in [6, 6.07) is 10.8. The molecule has 7 heteroatoms. The summed E-state index contributed by atoms with van der Waals surface area (Å²) >= 11 is 0. The molecule has 1 aliphatic heterocycles. The zero-order chi connectivity index (χ0) is 16.8. The van der Waals surface area contributed by atoms with E-state index in [1.165, 1.54) is 18.5 Å². The van der Waals surface area contributed by atoms with E-state index >= 15 is 0 Å². The zero-order valence-corrected chi connectivity index (χ0v) is 16.9. The van der Waals surface area contributed by atoms with Crippen LogP contribution < -0.4 is 16.0 Å². The number of nitrogens with two attached hydrogens (primary N) is 1. The van der Waals surface area contributed by atoms with E-state index in [9.17, 15) is 4.79 Å². The summed E-state index contributed by atoms with van der Waals surface area (Å²) in [4.78, 5) is 20.7. The van der Waals surface area contributed by atoms with Gasteiger partial charge in [0.2, 0.25) is 5.91 Å². The topological polar surface area (TPSA) is 74.0 Å². The fraction of sp³-hybridized carbons (Fsp3) is 0.556. The molecule has 2 fully saturated rings. The molecule has 1 saturated carbocycles.